The van der Waals surface area contributed by atoms with Gasteiger partial charge in [0.2, 0.25) is 0 Å². The van der Waals surface area contributed by atoms with E-state index in [9.17, 15) is 4.79 Å². The van der Waals surface area contributed by atoms with E-state index in [0.717, 1.165) is 18.8 Å². The number of benzene rings is 3. The van der Waals surface area contributed by atoms with Crippen LogP contribution in [0.15, 0.2) is 91.0 Å². The largest absolute Gasteiger partial charge is 0.351 e. The fraction of sp³-hybridized carbons (Fsp3) is 0.174. The van der Waals surface area contributed by atoms with Gasteiger partial charge in [0.1, 0.15) is 0 Å². The highest BCUT2D eigenvalue weighted by Crippen LogP contribution is 2.61. The fourth-order valence-electron chi connectivity index (χ4n) is 3.27. The molecule has 0 radical (unpaired) electrons. The van der Waals surface area contributed by atoms with Crippen molar-refractivity contribution in [3.8, 4) is 0 Å². The number of carbonyl (C=O) groups excluding carboxylic acids is 1. The summed E-state index contributed by atoms with van der Waals surface area (Å²) in [6, 6.07) is 30.6. The molecule has 1 aliphatic heterocycles. The Hall–Kier alpha value is -2.49. The Kier molecular flexibility index (Phi) is 6.71. The Morgan fingerprint density at radius 1 is 0.793 bits per heavy atom. The third-order valence-electron chi connectivity index (χ3n) is 4.68. The van der Waals surface area contributed by atoms with Gasteiger partial charge in [0.15, 0.2) is 7.42 Å². The van der Waals surface area contributed by atoms with Gasteiger partial charge in [-0.3, -0.25) is 4.79 Å². The fourth-order valence-corrected chi connectivity index (χ4v) is 8.00. The summed E-state index contributed by atoms with van der Waals surface area (Å²) < 4.78 is 5.01. The molecule has 0 bridgehead atoms. The standard InChI is InChI=1S/C23H24N3OPS/c27-23(20-10-4-1-5-11-20)24-16-19-29-28-25(21-12-6-2-7-13-21)17-18-26(28)22-14-8-3-9-15-22/h1-15H,16-19H2,(H,24,27). The van der Waals surface area contributed by atoms with Gasteiger partial charge in [-0.1, -0.05) is 66.0 Å². The van der Waals surface area contributed by atoms with E-state index in [4.69, 9.17) is 0 Å². The molecule has 1 aliphatic rings. The summed E-state index contributed by atoms with van der Waals surface area (Å²) in [5, 5.41) is 3.05. The molecule has 1 N–H and O–H groups in total. The molecule has 148 valence electrons. The number of hydrogen-bond acceptors (Lipinski definition) is 4. The van der Waals surface area contributed by atoms with Crippen LogP contribution in [0, 0.1) is 0 Å². The minimum Gasteiger partial charge on any atom is -0.351 e. The number of rotatable bonds is 7. The minimum absolute atomic E-state index is 0.00905. The summed E-state index contributed by atoms with van der Waals surface area (Å²) in [5.74, 6) is 0.863. The Labute approximate surface area is 177 Å². The van der Waals surface area contributed by atoms with Gasteiger partial charge < -0.3 is 14.7 Å². The summed E-state index contributed by atoms with van der Waals surface area (Å²) in [6.45, 7) is 2.67. The number of hydrogen-bond donors (Lipinski definition) is 1. The molecule has 3 aromatic carbocycles. The van der Waals surface area contributed by atoms with Gasteiger partial charge >= 0.3 is 0 Å². The molecule has 3 aromatic rings. The summed E-state index contributed by atoms with van der Waals surface area (Å²) in [5.41, 5.74) is 3.23. The highest BCUT2D eigenvalue weighted by Gasteiger charge is 2.33. The first kappa shape index (κ1) is 19.8. The Bertz CT molecular complexity index is 864. The topological polar surface area (TPSA) is 35.6 Å². The number of carbonyl (C=O) groups is 1. The molecule has 4 nitrogen and oxygen atoms in total. The van der Waals surface area contributed by atoms with Crippen LogP contribution in [0.3, 0.4) is 0 Å². The monoisotopic (exact) mass is 421 g/mol. The van der Waals surface area contributed by atoms with Gasteiger partial charge in [0.05, 0.1) is 0 Å². The van der Waals surface area contributed by atoms with Crippen molar-refractivity contribution < 1.29 is 4.79 Å². The van der Waals surface area contributed by atoms with E-state index in [2.05, 4.69) is 75.3 Å². The van der Waals surface area contributed by atoms with Gasteiger partial charge in [-0.2, -0.15) is 0 Å². The van der Waals surface area contributed by atoms with Crippen LogP contribution in [0.25, 0.3) is 0 Å². The van der Waals surface area contributed by atoms with Crippen molar-refractivity contribution in [2.45, 2.75) is 0 Å². The van der Waals surface area contributed by atoms with Crippen LogP contribution in [0.2, 0.25) is 0 Å². The van der Waals surface area contributed by atoms with Gasteiger partial charge in [-0.25, -0.2) is 0 Å². The number of anilines is 2. The number of amides is 1. The van der Waals surface area contributed by atoms with Crippen LogP contribution >= 0.6 is 18.8 Å². The molecule has 4 rings (SSSR count). The summed E-state index contributed by atoms with van der Waals surface area (Å²) in [6.07, 6.45) is 0. The van der Waals surface area contributed by atoms with Crippen molar-refractivity contribution in [3.63, 3.8) is 0 Å². The normalized spacial score (nSPS) is 14.2. The number of para-hydroxylation sites is 2. The molecule has 0 atom stereocenters. The maximum atomic E-state index is 12.3. The van der Waals surface area contributed by atoms with Gasteiger partial charge in [-0.05, 0) is 36.4 Å². The Balaban J connectivity index is 1.41. The maximum absolute atomic E-state index is 12.3. The van der Waals surface area contributed by atoms with Crippen LogP contribution in [0.1, 0.15) is 10.4 Å². The molecule has 1 saturated heterocycles. The average molecular weight is 422 g/mol. The molecule has 29 heavy (non-hydrogen) atoms. The van der Waals surface area contributed by atoms with E-state index >= 15 is 0 Å². The first-order valence-electron chi connectivity index (χ1n) is 9.74. The molecular weight excluding hydrogens is 397 g/mol. The van der Waals surface area contributed by atoms with Gasteiger partial charge in [0, 0.05) is 42.3 Å². The molecule has 1 amide bonds. The predicted molar refractivity (Wildman–Crippen MR) is 126 cm³/mol. The number of nitrogens with zero attached hydrogens (tertiary/aromatic N) is 2. The van der Waals surface area contributed by atoms with Crippen molar-refractivity contribution in [3.05, 3.63) is 96.6 Å². The summed E-state index contributed by atoms with van der Waals surface area (Å²) in [7, 11) is -0.578. The van der Waals surface area contributed by atoms with Gasteiger partial charge in [0.25, 0.3) is 5.91 Å². The second kappa shape index (κ2) is 9.82. The zero-order chi connectivity index (χ0) is 19.9. The molecule has 1 fully saturated rings. The van der Waals surface area contributed by atoms with E-state index in [0.29, 0.717) is 12.1 Å². The lowest BCUT2D eigenvalue weighted by Gasteiger charge is -2.31. The van der Waals surface area contributed by atoms with Crippen molar-refractivity contribution in [2.75, 3.05) is 34.7 Å². The lowest BCUT2D eigenvalue weighted by atomic mass is 10.2. The Morgan fingerprint density at radius 3 is 1.79 bits per heavy atom. The lowest BCUT2D eigenvalue weighted by molar-refractivity contribution is 0.0956. The van der Waals surface area contributed by atoms with E-state index < -0.39 is 7.42 Å². The lowest BCUT2D eigenvalue weighted by Crippen LogP contribution is -2.26. The summed E-state index contributed by atoms with van der Waals surface area (Å²) >= 11 is 1.93. The molecular formula is C23H24N3OPS. The quantitative estimate of drug-likeness (QED) is 0.409. The van der Waals surface area contributed by atoms with Crippen molar-refractivity contribution in [1.82, 2.24) is 5.32 Å². The smallest absolute Gasteiger partial charge is 0.251 e. The second-order valence-corrected chi connectivity index (χ2v) is 10.5. The molecule has 1 heterocycles. The van der Waals surface area contributed by atoms with Crippen molar-refractivity contribution in [2.24, 2.45) is 0 Å². The minimum atomic E-state index is -0.578. The van der Waals surface area contributed by atoms with Crippen LogP contribution in [-0.4, -0.2) is 31.3 Å². The summed E-state index contributed by atoms with van der Waals surface area (Å²) in [4.78, 5) is 12.3. The molecule has 0 spiro atoms. The molecule has 0 unspecified atom stereocenters. The van der Waals surface area contributed by atoms with Crippen LogP contribution < -0.4 is 14.7 Å². The highest BCUT2D eigenvalue weighted by molar-refractivity contribution is 8.56. The molecule has 6 heteroatoms. The number of nitrogens with one attached hydrogen (secondary N) is 1. The van der Waals surface area contributed by atoms with Crippen LogP contribution in [0.4, 0.5) is 11.4 Å². The van der Waals surface area contributed by atoms with E-state index in [1.165, 1.54) is 11.4 Å². The maximum Gasteiger partial charge on any atom is 0.251 e. The predicted octanol–water partition coefficient (Wildman–Crippen LogP) is 5.40. The molecule has 0 saturated carbocycles. The third-order valence-corrected chi connectivity index (χ3v) is 9.40. The molecule has 0 aliphatic carbocycles. The van der Waals surface area contributed by atoms with Crippen molar-refractivity contribution in [1.29, 1.82) is 0 Å². The van der Waals surface area contributed by atoms with E-state index in [-0.39, 0.29) is 5.91 Å². The second-order valence-electron chi connectivity index (χ2n) is 6.63. The van der Waals surface area contributed by atoms with E-state index in [1.807, 2.05) is 41.7 Å². The highest BCUT2D eigenvalue weighted by atomic mass is 32.7. The van der Waals surface area contributed by atoms with Crippen LogP contribution in [-0.2, 0) is 0 Å². The zero-order valence-corrected chi connectivity index (χ0v) is 17.9. The third kappa shape index (κ3) is 4.92. The SMILES string of the molecule is O=C(NCCSP1N(c2ccccc2)CCN1c1ccccc1)c1ccccc1. The van der Waals surface area contributed by atoms with Gasteiger partial charge in [-0.15, -0.1) is 0 Å². The average Bonchev–Trinajstić information content (AvgIpc) is 3.22. The molecule has 0 aromatic heterocycles. The zero-order valence-electron chi connectivity index (χ0n) is 16.1. The van der Waals surface area contributed by atoms with Crippen molar-refractivity contribution >= 4 is 36.1 Å². The van der Waals surface area contributed by atoms with Crippen LogP contribution in [0.5, 0.6) is 0 Å². The first-order chi connectivity index (χ1) is 14.3. The van der Waals surface area contributed by atoms with E-state index in [1.54, 1.807) is 0 Å². The Morgan fingerprint density at radius 2 is 1.28 bits per heavy atom. The first-order valence-corrected chi connectivity index (χ1v) is 12.6.